The molecule has 1 aliphatic carbocycles. The van der Waals surface area contributed by atoms with Gasteiger partial charge in [0.1, 0.15) is 0 Å². The molecule has 1 aromatic rings. The molecule has 2 rings (SSSR count). The van der Waals surface area contributed by atoms with Crippen LogP contribution in [0.25, 0.3) is 0 Å². The zero-order valence-corrected chi connectivity index (χ0v) is 10.4. The van der Waals surface area contributed by atoms with Crippen molar-refractivity contribution in [2.45, 2.75) is 32.6 Å². The zero-order chi connectivity index (χ0) is 12.3. The van der Waals surface area contributed by atoms with Crippen molar-refractivity contribution in [2.24, 2.45) is 5.92 Å². The number of rotatable bonds is 4. The first kappa shape index (κ1) is 12.0. The number of carbonyl (C=O) groups excluding carboxylic acids is 1. The number of anilines is 2. The Morgan fingerprint density at radius 3 is 2.65 bits per heavy atom. The quantitative estimate of drug-likeness (QED) is 0.811. The standard InChI is InChI=1S/C14H20N2O/c1-2-16(13-9-4-3-8-12(13)15)14(17)10-11-6-5-7-11/h3-4,8-9,11H,2,5-7,10,15H2,1H3. The molecule has 0 aliphatic heterocycles. The molecular formula is C14H20N2O. The second-order valence-corrected chi connectivity index (χ2v) is 4.70. The number of hydrogen-bond acceptors (Lipinski definition) is 2. The summed E-state index contributed by atoms with van der Waals surface area (Å²) in [5, 5.41) is 0. The normalized spacial score (nSPS) is 15.4. The number of nitrogens with zero attached hydrogens (tertiary/aromatic N) is 1. The number of hydrogen-bond donors (Lipinski definition) is 1. The van der Waals surface area contributed by atoms with Crippen LogP contribution in [0.5, 0.6) is 0 Å². The van der Waals surface area contributed by atoms with Gasteiger partial charge in [-0.1, -0.05) is 18.6 Å². The van der Waals surface area contributed by atoms with Gasteiger partial charge in [0.05, 0.1) is 11.4 Å². The molecule has 2 N–H and O–H groups in total. The van der Waals surface area contributed by atoms with E-state index in [2.05, 4.69) is 0 Å². The fraction of sp³-hybridized carbons (Fsp3) is 0.500. The van der Waals surface area contributed by atoms with Gasteiger partial charge in [-0.3, -0.25) is 4.79 Å². The van der Waals surface area contributed by atoms with E-state index in [0.29, 0.717) is 24.6 Å². The highest BCUT2D eigenvalue weighted by atomic mass is 16.2. The maximum absolute atomic E-state index is 12.2. The molecule has 3 nitrogen and oxygen atoms in total. The molecule has 1 aromatic carbocycles. The highest BCUT2D eigenvalue weighted by Gasteiger charge is 2.24. The summed E-state index contributed by atoms with van der Waals surface area (Å²) in [5.41, 5.74) is 7.44. The van der Waals surface area contributed by atoms with Crippen LogP contribution in [0.4, 0.5) is 11.4 Å². The predicted octanol–water partition coefficient (Wildman–Crippen LogP) is 2.81. The first-order chi connectivity index (χ1) is 8.22. The molecule has 0 aromatic heterocycles. The Morgan fingerprint density at radius 1 is 1.41 bits per heavy atom. The number of carbonyl (C=O) groups is 1. The van der Waals surface area contributed by atoms with Gasteiger partial charge in [-0.2, -0.15) is 0 Å². The summed E-state index contributed by atoms with van der Waals surface area (Å²) in [7, 11) is 0. The average Bonchev–Trinajstić information content (AvgIpc) is 2.27. The second kappa shape index (κ2) is 5.21. The van der Waals surface area contributed by atoms with Crippen LogP contribution >= 0.6 is 0 Å². The topological polar surface area (TPSA) is 46.3 Å². The molecule has 1 fully saturated rings. The summed E-state index contributed by atoms with van der Waals surface area (Å²) < 4.78 is 0. The smallest absolute Gasteiger partial charge is 0.227 e. The van der Waals surface area contributed by atoms with Crippen LogP contribution in [0.1, 0.15) is 32.6 Å². The van der Waals surface area contributed by atoms with Gasteiger partial charge in [-0.25, -0.2) is 0 Å². The SMILES string of the molecule is CCN(C(=O)CC1CCC1)c1ccccc1N. The van der Waals surface area contributed by atoms with Gasteiger partial charge in [-0.15, -0.1) is 0 Å². The lowest BCUT2D eigenvalue weighted by atomic mass is 9.82. The minimum Gasteiger partial charge on any atom is -0.397 e. The molecule has 0 unspecified atom stereocenters. The summed E-state index contributed by atoms with van der Waals surface area (Å²) in [6.07, 6.45) is 4.35. The third kappa shape index (κ3) is 2.60. The molecule has 92 valence electrons. The molecule has 17 heavy (non-hydrogen) atoms. The van der Waals surface area contributed by atoms with Crippen molar-refractivity contribution in [3.63, 3.8) is 0 Å². The molecule has 0 spiro atoms. The lowest BCUT2D eigenvalue weighted by Gasteiger charge is -2.29. The molecule has 3 heteroatoms. The Bertz CT molecular complexity index is 399. The monoisotopic (exact) mass is 232 g/mol. The Kier molecular flexibility index (Phi) is 3.67. The van der Waals surface area contributed by atoms with Crippen LogP contribution in [0.2, 0.25) is 0 Å². The van der Waals surface area contributed by atoms with Gasteiger partial charge in [0.2, 0.25) is 5.91 Å². The van der Waals surface area contributed by atoms with Crippen molar-refractivity contribution in [3.8, 4) is 0 Å². The van der Waals surface area contributed by atoms with E-state index in [1.807, 2.05) is 31.2 Å². The summed E-state index contributed by atoms with van der Waals surface area (Å²) in [4.78, 5) is 14.0. The molecule has 1 amide bonds. The minimum absolute atomic E-state index is 0.204. The molecule has 1 aliphatic rings. The van der Waals surface area contributed by atoms with Gasteiger partial charge in [0, 0.05) is 13.0 Å². The van der Waals surface area contributed by atoms with Crippen LogP contribution in [0.15, 0.2) is 24.3 Å². The van der Waals surface area contributed by atoms with E-state index in [0.717, 1.165) is 5.69 Å². The Balaban J connectivity index is 2.09. The molecule has 0 atom stereocenters. The molecule has 1 saturated carbocycles. The number of nitrogen functional groups attached to an aromatic ring is 1. The second-order valence-electron chi connectivity index (χ2n) is 4.70. The van der Waals surface area contributed by atoms with Gasteiger partial charge < -0.3 is 10.6 Å². The molecule has 0 saturated heterocycles. The summed E-state index contributed by atoms with van der Waals surface area (Å²) >= 11 is 0. The fourth-order valence-electron chi connectivity index (χ4n) is 2.27. The van der Waals surface area contributed by atoms with Crippen LogP contribution in [-0.2, 0) is 4.79 Å². The molecule has 0 radical (unpaired) electrons. The van der Waals surface area contributed by atoms with E-state index in [9.17, 15) is 4.79 Å². The molecule has 0 bridgehead atoms. The zero-order valence-electron chi connectivity index (χ0n) is 10.4. The van der Waals surface area contributed by atoms with Crippen LogP contribution in [0, 0.1) is 5.92 Å². The predicted molar refractivity (Wildman–Crippen MR) is 70.8 cm³/mol. The van der Waals surface area contributed by atoms with Gasteiger partial charge in [0.25, 0.3) is 0 Å². The van der Waals surface area contributed by atoms with Crippen molar-refractivity contribution in [1.82, 2.24) is 0 Å². The van der Waals surface area contributed by atoms with Crippen LogP contribution in [0.3, 0.4) is 0 Å². The van der Waals surface area contributed by atoms with E-state index in [1.54, 1.807) is 4.90 Å². The van der Waals surface area contributed by atoms with Crippen LogP contribution < -0.4 is 10.6 Å². The summed E-state index contributed by atoms with van der Waals surface area (Å²) in [5.74, 6) is 0.802. The Morgan fingerprint density at radius 2 is 2.12 bits per heavy atom. The minimum atomic E-state index is 0.204. The number of benzene rings is 1. The number of amides is 1. The van der Waals surface area contributed by atoms with Crippen molar-refractivity contribution in [2.75, 3.05) is 17.2 Å². The van der Waals surface area contributed by atoms with Crippen molar-refractivity contribution in [3.05, 3.63) is 24.3 Å². The lowest BCUT2D eigenvalue weighted by molar-refractivity contribution is -0.120. The van der Waals surface area contributed by atoms with E-state index in [-0.39, 0.29) is 5.91 Å². The third-order valence-corrected chi connectivity index (χ3v) is 3.53. The largest absolute Gasteiger partial charge is 0.397 e. The van der Waals surface area contributed by atoms with E-state index in [1.165, 1.54) is 19.3 Å². The van der Waals surface area contributed by atoms with Gasteiger partial charge in [0.15, 0.2) is 0 Å². The Labute approximate surface area is 103 Å². The molecular weight excluding hydrogens is 212 g/mol. The van der Waals surface area contributed by atoms with Crippen LogP contribution in [-0.4, -0.2) is 12.5 Å². The van der Waals surface area contributed by atoms with E-state index < -0.39 is 0 Å². The lowest BCUT2D eigenvalue weighted by Crippen LogP contribution is -2.33. The van der Waals surface area contributed by atoms with Crippen molar-refractivity contribution in [1.29, 1.82) is 0 Å². The van der Waals surface area contributed by atoms with E-state index in [4.69, 9.17) is 5.73 Å². The highest BCUT2D eigenvalue weighted by Crippen LogP contribution is 2.31. The van der Waals surface area contributed by atoms with E-state index >= 15 is 0 Å². The first-order valence-electron chi connectivity index (χ1n) is 6.37. The maximum Gasteiger partial charge on any atom is 0.227 e. The Hall–Kier alpha value is -1.51. The third-order valence-electron chi connectivity index (χ3n) is 3.53. The number of nitrogens with two attached hydrogens (primary N) is 1. The van der Waals surface area contributed by atoms with Gasteiger partial charge in [-0.05, 0) is 37.8 Å². The summed E-state index contributed by atoms with van der Waals surface area (Å²) in [6, 6.07) is 7.57. The van der Waals surface area contributed by atoms with Crippen molar-refractivity contribution < 1.29 is 4.79 Å². The maximum atomic E-state index is 12.2. The number of para-hydroxylation sites is 2. The van der Waals surface area contributed by atoms with Crippen molar-refractivity contribution >= 4 is 17.3 Å². The fourth-order valence-corrected chi connectivity index (χ4v) is 2.27. The molecule has 0 heterocycles. The van der Waals surface area contributed by atoms with Gasteiger partial charge >= 0.3 is 0 Å². The summed E-state index contributed by atoms with van der Waals surface area (Å²) in [6.45, 7) is 2.67. The first-order valence-corrected chi connectivity index (χ1v) is 6.37. The highest BCUT2D eigenvalue weighted by molar-refractivity contribution is 5.96. The average molecular weight is 232 g/mol.